The molecule has 0 radical (unpaired) electrons. The summed E-state index contributed by atoms with van der Waals surface area (Å²) in [6, 6.07) is 14.5. The van der Waals surface area contributed by atoms with Gasteiger partial charge in [0.1, 0.15) is 5.60 Å². The molecule has 0 spiro atoms. The number of carbonyl (C=O) groups is 2. The van der Waals surface area contributed by atoms with E-state index in [0.717, 1.165) is 36.1 Å². The number of fused-ring (bicyclic) bond motifs is 1. The fraction of sp³-hybridized carbons (Fsp3) is 0.407. The maximum atomic E-state index is 13.2. The highest BCUT2D eigenvalue weighted by atomic mass is 16.6. The van der Waals surface area contributed by atoms with E-state index in [-0.39, 0.29) is 12.1 Å². The molecular formula is C27H35N3O3. The molecule has 0 heterocycles. The van der Waals surface area contributed by atoms with Crippen LogP contribution < -0.4 is 10.6 Å². The SMILES string of the molecule is CN(C)c1ccc(CCN(C(=O)OC(C)(C)C)C2CCc3cc(/C=C/C(N)=O)ccc32)cc1. The third-order valence-corrected chi connectivity index (χ3v) is 5.75. The van der Waals surface area contributed by atoms with Gasteiger partial charge in [-0.1, -0.05) is 30.3 Å². The molecule has 6 heteroatoms. The van der Waals surface area contributed by atoms with Gasteiger partial charge in [0, 0.05) is 32.4 Å². The molecule has 2 amide bonds. The Hall–Kier alpha value is -3.28. The zero-order chi connectivity index (χ0) is 24.2. The zero-order valence-electron chi connectivity index (χ0n) is 20.3. The number of hydrogen-bond donors (Lipinski definition) is 1. The standard InChI is InChI=1S/C27H35N3O3/c1-27(2,3)33-26(32)30(17-16-19-6-11-22(12-7-19)29(4)5)24-14-10-21-18-20(8-13-23(21)24)9-15-25(28)31/h6-9,11-13,15,18,24H,10,14,16-17H2,1-5H3,(H2,28,31)/b15-9+. The van der Waals surface area contributed by atoms with E-state index < -0.39 is 11.5 Å². The highest BCUT2D eigenvalue weighted by Gasteiger charge is 2.33. The van der Waals surface area contributed by atoms with E-state index in [1.165, 1.54) is 17.2 Å². The molecule has 0 saturated heterocycles. The maximum absolute atomic E-state index is 13.2. The molecule has 2 aromatic carbocycles. The molecule has 1 aliphatic carbocycles. The number of hydrogen-bond acceptors (Lipinski definition) is 4. The lowest BCUT2D eigenvalue weighted by atomic mass is 10.0. The van der Waals surface area contributed by atoms with Crippen LogP contribution in [-0.2, 0) is 22.4 Å². The molecule has 0 fully saturated rings. The molecule has 1 aliphatic rings. The van der Waals surface area contributed by atoms with E-state index >= 15 is 0 Å². The van der Waals surface area contributed by atoms with Crippen LogP contribution in [0, 0.1) is 0 Å². The molecule has 33 heavy (non-hydrogen) atoms. The Morgan fingerprint density at radius 2 is 1.82 bits per heavy atom. The molecule has 2 aromatic rings. The van der Waals surface area contributed by atoms with Crippen molar-refractivity contribution in [2.24, 2.45) is 5.73 Å². The molecule has 3 rings (SSSR count). The molecule has 0 saturated carbocycles. The number of amides is 2. The molecule has 0 aromatic heterocycles. The molecule has 6 nitrogen and oxygen atoms in total. The Bertz CT molecular complexity index is 1020. The van der Waals surface area contributed by atoms with Crippen molar-refractivity contribution in [3.05, 3.63) is 70.8 Å². The van der Waals surface area contributed by atoms with Gasteiger partial charge >= 0.3 is 6.09 Å². The van der Waals surface area contributed by atoms with E-state index in [1.54, 1.807) is 6.08 Å². The summed E-state index contributed by atoms with van der Waals surface area (Å²) >= 11 is 0. The van der Waals surface area contributed by atoms with Crippen LogP contribution in [0.25, 0.3) is 6.08 Å². The van der Waals surface area contributed by atoms with Crippen LogP contribution in [0.1, 0.15) is 55.5 Å². The van der Waals surface area contributed by atoms with Crippen molar-refractivity contribution in [2.75, 3.05) is 25.5 Å². The molecule has 1 unspecified atom stereocenters. The Kier molecular flexibility index (Phi) is 7.46. The number of aryl methyl sites for hydroxylation is 1. The highest BCUT2D eigenvalue weighted by molar-refractivity contribution is 5.90. The predicted octanol–water partition coefficient (Wildman–Crippen LogP) is 4.72. The smallest absolute Gasteiger partial charge is 0.410 e. The van der Waals surface area contributed by atoms with Gasteiger partial charge in [-0.15, -0.1) is 0 Å². The molecular weight excluding hydrogens is 414 g/mol. The highest BCUT2D eigenvalue weighted by Crippen LogP contribution is 2.37. The van der Waals surface area contributed by atoms with Crippen LogP contribution >= 0.6 is 0 Å². The number of nitrogens with two attached hydrogens (primary N) is 1. The van der Waals surface area contributed by atoms with Crippen molar-refractivity contribution in [1.82, 2.24) is 4.90 Å². The van der Waals surface area contributed by atoms with Gasteiger partial charge in [-0.2, -0.15) is 0 Å². The Balaban J connectivity index is 1.82. The molecule has 0 aliphatic heterocycles. The van der Waals surface area contributed by atoms with Crippen LogP contribution in [0.2, 0.25) is 0 Å². The van der Waals surface area contributed by atoms with Gasteiger partial charge in [-0.05, 0) is 80.5 Å². The third kappa shape index (κ3) is 6.60. The van der Waals surface area contributed by atoms with E-state index in [0.29, 0.717) is 6.54 Å². The first kappa shape index (κ1) is 24.4. The Morgan fingerprint density at radius 3 is 2.42 bits per heavy atom. The molecule has 2 N–H and O–H groups in total. The van der Waals surface area contributed by atoms with Gasteiger partial charge in [0.15, 0.2) is 0 Å². The van der Waals surface area contributed by atoms with Crippen LogP contribution in [0.4, 0.5) is 10.5 Å². The number of primary amides is 1. The average molecular weight is 450 g/mol. The first-order chi connectivity index (χ1) is 15.5. The lowest BCUT2D eigenvalue weighted by Crippen LogP contribution is -2.40. The van der Waals surface area contributed by atoms with Gasteiger partial charge in [0.05, 0.1) is 6.04 Å². The summed E-state index contributed by atoms with van der Waals surface area (Å²) in [4.78, 5) is 28.2. The lowest BCUT2D eigenvalue weighted by Gasteiger charge is -2.32. The van der Waals surface area contributed by atoms with Gasteiger partial charge in [0.25, 0.3) is 0 Å². The van der Waals surface area contributed by atoms with Crippen molar-refractivity contribution in [3.8, 4) is 0 Å². The van der Waals surface area contributed by atoms with Gasteiger partial charge in [0.2, 0.25) is 5.91 Å². The second-order valence-electron chi connectivity index (χ2n) is 9.73. The predicted molar refractivity (Wildman–Crippen MR) is 133 cm³/mol. The maximum Gasteiger partial charge on any atom is 0.410 e. The third-order valence-electron chi connectivity index (χ3n) is 5.75. The van der Waals surface area contributed by atoms with E-state index in [4.69, 9.17) is 10.5 Å². The van der Waals surface area contributed by atoms with Gasteiger partial charge in [-0.3, -0.25) is 4.79 Å². The number of carbonyl (C=O) groups excluding carboxylic acids is 2. The normalized spacial score (nSPS) is 15.4. The minimum atomic E-state index is -0.562. The van der Waals surface area contributed by atoms with E-state index in [9.17, 15) is 9.59 Å². The topological polar surface area (TPSA) is 75.9 Å². The van der Waals surface area contributed by atoms with Crippen LogP contribution in [0.3, 0.4) is 0 Å². The summed E-state index contributed by atoms with van der Waals surface area (Å²) in [5.74, 6) is -0.469. The largest absolute Gasteiger partial charge is 0.444 e. The second-order valence-corrected chi connectivity index (χ2v) is 9.73. The first-order valence-electron chi connectivity index (χ1n) is 11.4. The van der Waals surface area contributed by atoms with Crippen LogP contribution in [-0.4, -0.2) is 43.1 Å². The van der Waals surface area contributed by atoms with Crippen molar-refractivity contribution in [3.63, 3.8) is 0 Å². The minimum Gasteiger partial charge on any atom is -0.444 e. The molecule has 176 valence electrons. The van der Waals surface area contributed by atoms with Crippen molar-refractivity contribution in [1.29, 1.82) is 0 Å². The Morgan fingerprint density at radius 1 is 1.12 bits per heavy atom. The van der Waals surface area contributed by atoms with Crippen molar-refractivity contribution in [2.45, 2.75) is 51.7 Å². The number of nitrogens with zero attached hydrogens (tertiary/aromatic N) is 2. The molecule has 0 bridgehead atoms. The number of anilines is 1. The zero-order valence-corrected chi connectivity index (χ0v) is 20.3. The van der Waals surface area contributed by atoms with Crippen molar-refractivity contribution < 1.29 is 14.3 Å². The first-order valence-corrected chi connectivity index (χ1v) is 11.4. The van der Waals surface area contributed by atoms with Gasteiger partial charge in [-0.25, -0.2) is 4.79 Å². The van der Waals surface area contributed by atoms with E-state index in [2.05, 4.69) is 41.3 Å². The second kappa shape index (κ2) is 10.1. The number of ether oxygens (including phenoxy) is 1. The fourth-order valence-electron chi connectivity index (χ4n) is 4.13. The van der Waals surface area contributed by atoms with Gasteiger partial charge < -0.3 is 20.3 Å². The fourth-order valence-corrected chi connectivity index (χ4v) is 4.13. The van der Waals surface area contributed by atoms with Crippen LogP contribution in [0.5, 0.6) is 0 Å². The summed E-state index contributed by atoms with van der Waals surface area (Å²) in [5, 5.41) is 0. The average Bonchev–Trinajstić information content (AvgIpc) is 3.14. The Labute approximate surface area is 197 Å². The molecule has 1 atom stereocenters. The van der Waals surface area contributed by atoms with E-state index in [1.807, 2.05) is 45.8 Å². The monoisotopic (exact) mass is 449 g/mol. The van der Waals surface area contributed by atoms with Crippen LogP contribution in [0.15, 0.2) is 48.5 Å². The summed E-state index contributed by atoms with van der Waals surface area (Å²) in [6.07, 6.45) is 5.26. The summed E-state index contributed by atoms with van der Waals surface area (Å²) < 4.78 is 5.77. The lowest BCUT2D eigenvalue weighted by molar-refractivity contribution is -0.113. The summed E-state index contributed by atoms with van der Waals surface area (Å²) in [5.41, 5.74) is 10.2. The number of rotatable bonds is 7. The summed E-state index contributed by atoms with van der Waals surface area (Å²) in [6.45, 7) is 6.25. The quantitative estimate of drug-likeness (QED) is 0.621. The number of benzene rings is 2. The minimum absolute atomic E-state index is 0.0370. The summed E-state index contributed by atoms with van der Waals surface area (Å²) in [7, 11) is 4.04. The van der Waals surface area contributed by atoms with Crippen molar-refractivity contribution >= 4 is 23.8 Å².